The van der Waals surface area contributed by atoms with Crippen molar-refractivity contribution >= 4 is 10.4 Å². The van der Waals surface area contributed by atoms with Crippen molar-refractivity contribution in [3.05, 3.63) is 0 Å². The SMILES string of the molecule is CCC(C)CCCCCCCCCCCCCCCCCCCCOS(=O)(=O)O. The second kappa shape index (κ2) is 21.1. The van der Waals surface area contributed by atoms with Gasteiger partial charge in [-0.1, -0.05) is 136 Å². The molecule has 0 amide bonds. The molecule has 0 bridgehead atoms. The predicted molar refractivity (Wildman–Crippen MR) is 125 cm³/mol. The molecule has 29 heavy (non-hydrogen) atoms. The van der Waals surface area contributed by atoms with E-state index in [4.69, 9.17) is 4.55 Å². The molecule has 176 valence electrons. The highest BCUT2D eigenvalue weighted by molar-refractivity contribution is 7.80. The summed E-state index contributed by atoms with van der Waals surface area (Å²) in [5.74, 6) is 0.920. The van der Waals surface area contributed by atoms with Gasteiger partial charge in [0.05, 0.1) is 6.61 Å². The quantitative estimate of drug-likeness (QED) is 0.130. The molecule has 0 saturated carbocycles. The number of rotatable bonds is 23. The Morgan fingerprint density at radius 2 is 0.931 bits per heavy atom. The standard InChI is InChI=1S/C24H50O4S/c1-3-24(2)22-20-18-16-14-12-10-8-6-4-5-7-9-11-13-15-17-19-21-23-28-29(25,26)27/h24H,3-23H2,1-2H3,(H,25,26,27). The van der Waals surface area contributed by atoms with E-state index in [1.807, 2.05) is 0 Å². The molecule has 1 atom stereocenters. The summed E-state index contributed by atoms with van der Waals surface area (Å²) >= 11 is 0. The van der Waals surface area contributed by atoms with Gasteiger partial charge in [0.15, 0.2) is 0 Å². The maximum Gasteiger partial charge on any atom is 0.397 e. The van der Waals surface area contributed by atoms with E-state index in [1.165, 1.54) is 109 Å². The van der Waals surface area contributed by atoms with Crippen LogP contribution in [0.4, 0.5) is 0 Å². The molecule has 0 saturated heterocycles. The average Bonchev–Trinajstić information content (AvgIpc) is 2.68. The summed E-state index contributed by atoms with van der Waals surface area (Å²) in [7, 11) is -4.25. The zero-order valence-corrected chi connectivity index (χ0v) is 20.3. The zero-order chi connectivity index (χ0) is 21.6. The average molecular weight is 435 g/mol. The molecule has 0 spiro atoms. The summed E-state index contributed by atoms with van der Waals surface area (Å²) in [6.45, 7) is 4.77. The van der Waals surface area contributed by atoms with E-state index in [0.29, 0.717) is 6.42 Å². The van der Waals surface area contributed by atoms with Crippen LogP contribution in [0.25, 0.3) is 0 Å². The van der Waals surface area contributed by atoms with Gasteiger partial charge in [-0.2, -0.15) is 8.42 Å². The molecule has 0 fully saturated rings. The topological polar surface area (TPSA) is 63.6 Å². The van der Waals surface area contributed by atoms with Gasteiger partial charge in [-0.3, -0.25) is 4.55 Å². The van der Waals surface area contributed by atoms with Crippen LogP contribution in [0.5, 0.6) is 0 Å². The Morgan fingerprint density at radius 1 is 0.621 bits per heavy atom. The van der Waals surface area contributed by atoms with Crippen molar-refractivity contribution in [1.29, 1.82) is 0 Å². The fourth-order valence-electron chi connectivity index (χ4n) is 3.79. The van der Waals surface area contributed by atoms with Gasteiger partial charge in [-0.25, -0.2) is 4.18 Å². The molecule has 1 N–H and O–H groups in total. The first kappa shape index (κ1) is 28.9. The van der Waals surface area contributed by atoms with Crippen LogP contribution in [-0.2, 0) is 14.6 Å². The summed E-state index contributed by atoms with van der Waals surface area (Å²) in [4.78, 5) is 0. The molecule has 5 heteroatoms. The molecule has 0 aromatic heterocycles. The second-order valence-corrected chi connectivity index (χ2v) is 10.0. The first-order chi connectivity index (χ1) is 14.0. The molecule has 0 radical (unpaired) electrons. The van der Waals surface area contributed by atoms with Crippen LogP contribution in [0.1, 0.15) is 142 Å². The van der Waals surface area contributed by atoms with Gasteiger partial charge in [0, 0.05) is 0 Å². The number of hydrogen-bond donors (Lipinski definition) is 1. The van der Waals surface area contributed by atoms with Crippen molar-refractivity contribution in [3.8, 4) is 0 Å². The Kier molecular flexibility index (Phi) is 21.0. The van der Waals surface area contributed by atoms with Gasteiger partial charge in [0.25, 0.3) is 0 Å². The van der Waals surface area contributed by atoms with Crippen molar-refractivity contribution in [2.45, 2.75) is 142 Å². The van der Waals surface area contributed by atoms with Crippen molar-refractivity contribution in [2.75, 3.05) is 6.61 Å². The molecule has 0 aliphatic heterocycles. The minimum atomic E-state index is -4.25. The molecule has 0 aromatic carbocycles. The van der Waals surface area contributed by atoms with Gasteiger partial charge in [0.2, 0.25) is 0 Å². The Bertz CT molecular complexity index is 423. The fourth-order valence-corrected chi connectivity index (χ4v) is 4.12. The lowest BCUT2D eigenvalue weighted by atomic mass is 9.99. The van der Waals surface area contributed by atoms with Crippen molar-refractivity contribution < 1.29 is 17.2 Å². The lowest BCUT2D eigenvalue weighted by molar-refractivity contribution is 0.261. The third-order valence-electron chi connectivity index (χ3n) is 6.02. The van der Waals surface area contributed by atoms with Crippen LogP contribution < -0.4 is 0 Å². The van der Waals surface area contributed by atoms with Crippen molar-refractivity contribution in [1.82, 2.24) is 0 Å². The summed E-state index contributed by atoms with van der Waals surface area (Å²) in [5, 5.41) is 0. The summed E-state index contributed by atoms with van der Waals surface area (Å²) < 4.78 is 33.5. The Morgan fingerprint density at radius 3 is 1.24 bits per heavy atom. The van der Waals surface area contributed by atoms with Gasteiger partial charge in [0.1, 0.15) is 0 Å². The Balaban J connectivity index is 3.07. The van der Waals surface area contributed by atoms with Crippen LogP contribution >= 0.6 is 0 Å². The predicted octanol–water partition coefficient (Wildman–Crippen LogP) is 8.26. The molecular formula is C24H50O4S. The first-order valence-electron chi connectivity index (χ1n) is 12.6. The van der Waals surface area contributed by atoms with E-state index < -0.39 is 10.4 Å². The highest BCUT2D eigenvalue weighted by Crippen LogP contribution is 2.16. The van der Waals surface area contributed by atoms with Gasteiger partial charge < -0.3 is 0 Å². The third kappa shape index (κ3) is 25.8. The smallest absolute Gasteiger partial charge is 0.264 e. The Hall–Kier alpha value is -0.130. The largest absolute Gasteiger partial charge is 0.397 e. The zero-order valence-electron chi connectivity index (χ0n) is 19.5. The van der Waals surface area contributed by atoms with Crippen LogP contribution in [0.15, 0.2) is 0 Å². The molecule has 0 heterocycles. The molecule has 1 unspecified atom stereocenters. The monoisotopic (exact) mass is 434 g/mol. The van der Waals surface area contributed by atoms with E-state index in [0.717, 1.165) is 18.8 Å². The second-order valence-electron chi connectivity index (χ2n) is 8.92. The Labute approximate surface area is 182 Å². The minimum Gasteiger partial charge on any atom is -0.264 e. The highest BCUT2D eigenvalue weighted by Gasteiger charge is 2.02. The molecule has 0 aliphatic rings. The van der Waals surface area contributed by atoms with Crippen LogP contribution in [0, 0.1) is 5.92 Å². The third-order valence-corrected chi connectivity index (χ3v) is 6.48. The van der Waals surface area contributed by atoms with Gasteiger partial charge in [-0.15, -0.1) is 0 Å². The fraction of sp³-hybridized carbons (Fsp3) is 1.00. The molecule has 0 aromatic rings. The van der Waals surface area contributed by atoms with E-state index in [9.17, 15) is 8.42 Å². The van der Waals surface area contributed by atoms with E-state index >= 15 is 0 Å². The first-order valence-corrected chi connectivity index (χ1v) is 13.9. The summed E-state index contributed by atoms with van der Waals surface area (Å²) in [5.41, 5.74) is 0. The van der Waals surface area contributed by atoms with E-state index in [2.05, 4.69) is 18.0 Å². The molecular weight excluding hydrogens is 384 g/mol. The lowest BCUT2D eigenvalue weighted by Gasteiger charge is -2.07. The summed E-state index contributed by atoms with van der Waals surface area (Å²) in [6, 6.07) is 0. The number of unbranched alkanes of at least 4 members (excludes halogenated alkanes) is 17. The van der Waals surface area contributed by atoms with Gasteiger partial charge >= 0.3 is 10.4 Å². The maximum absolute atomic E-state index is 10.4. The normalized spacial score (nSPS) is 13.1. The molecule has 0 aliphatic carbocycles. The number of hydrogen-bond acceptors (Lipinski definition) is 3. The van der Waals surface area contributed by atoms with E-state index in [-0.39, 0.29) is 6.61 Å². The van der Waals surface area contributed by atoms with Crippen LogP contribution in [0.3, 0.4) is 0 Å². The highest BCUT2D eigenvalue weighted by atomic mass is 32.3. The summed E-state index contributed by atoms with van der Waals surface area (Å²) in [6.07, 6.45) is 26.3. The van der Waals surface area contributed by atoms with Crippen LogP contribution in [0.2, 0.25) is 0 Å². The van der Waals surface area contributed by atoms with Crippen LogP contribution in [-0.4, -0.2) is 19.6 Å². The molecule has 0 rings (SSSR count). The van der Waals surface area contributed by atoms with Crippen molar-refractivity contribution in [3.63, 3.8) is 0 Å². The van der Waals surface area contributed by atoms with Gasteiger partial charge in [-0.05, 0) is 12.3 Å². The van der Waals surface area contributed by atoms with Crippen molar-refractivity contribution in [2.24, 2.45) is 5.92 Å². The minimum absolute atomic E-state index is 0.0945. The van der Waals surface area contributed by atoms with E-state index in [1.54, 1.807) is 0 Å². The maximum atomic E-state index is 10.4. The lowest BCUT2D eigenvalue weighted by Crippen LogP contribution is -2.04. The molecule has 4 nitrogen and oxygen atoms in total.